The van der Waals surface area contributed by atoms with E-state index in [1.165, 1.54) is 6.07 Å². The summed E-state index contributed by atoms with van der Waals surface area (Å²) in [6, 6.07) is 14.7. The number of nitrogens with zero attached hydrogens (tertiary/aromatic N) is 5. The monoisotopic (exact) mass is 361 g/mol. The van der Waals surface area contributed by atoms with Crippen LogP contribution in [0, 0.1) is 10.1 Å². The van der Waals surface area contributed by atoms with Crippen molar-refractivity contribution in [2.24, 2.45) is 4.99 Å². The van der Waals surface area contributed by atoms with Gasteiger partial charge >= 0.3 is 0 Å². The van der Waals surface area contributed by atoms with Crippen LogP contribution in [-0.4, -0.2) is 39.2 Å². The molecule has 0 radical (unpaired) electrons. The van der Waals surface area contributed by atoms with E-state index in [1.54, 1.807) is 6.07 Å². The lowest BCUT2D eigenvalue weighted by atomic mass is 9.98. The van der Waals surface area contributed by atoms with Gasteiger partial charge in [0, 0.05) is 18.2 Å². The third-order valence-corrected chi connectivity index (χ3v) is 4.51. The van der Waals surface area contributed by atoms with E-state index >= 15 is 0 Å². The van der Waals surface area contributed by atoms with Crippen molar-refractivity contribution in [1.29, 1.82) is 0 Å². The summed E-state index contributed by atoms with van der Waals surface area (Å²) in [4.78, 5) is 22.8. The Morgan fingerprint density at radius 1 is 1.15 bits per heavy atom. The van der Waals surface area contributed by atoms with Crippen LogP contribution in [-0.2, 0) is 13.1 Å². The highest BCUT2D eigenvalue weighted by Crippen LogP contribution is 2.32. The number of fused-ring (bicyclic) bond motifs is 3. The number of imidazole rings is 1. The molecule has 7 nitrogen and oxygen atoms in total. The lowest BCUT2D eigenvalue weighted by molar-refractivity contribution is -0.385. The molecule has 0 N–H and O–H groups in total. The van der Waals surface area contributed by atoms with E-state index in [0.717, 1.165) is 22.8 Å². The van der Waals surface area contributed by atoms with Crippen molar-refractivity contribution in [1.82, 2.24) is 14.5 Å². The Morgan fingerprint density at radius 3 is 2.63 bits per heavy atom. The summed E-state index contributed by atoms with van der Waals surface area (Å²) < 4.78 is 2.00. The first-order chi connectivity index (χ1) is 13.1. The molecule has 0 saturated heterocycles. The van der Waals surface area contributed by atoms with E-state index in [4.69, 9.17) is 4.99 Å². The predicted octanol–water partition coefficient (Wildman–Crippen LogP) is 3.19. The van der Waals surface area contributed by atoms with Crippen molar-refractivity contribution in [3.05, 3.63) is 87.5 Å². The van der Waals surface area contributed by atoms with E-state index < -0.39 is 0 Å². The molecule has 136 valence electrons. The van der Waals surface area contributed by atoms with Crippen molar-refractivity contribution in [2.45, 2.75) is 13.1 Å². The number of aromatic nitrogens is 2. The van der Waals surface area contributed by atoms with Gasteiger partial charge in [0.05, 0.1) is 34.8 Å². The quantitative estimate of drug-likeness (QED) is 0.528. The van der Waals surface area contributed by atoms with E-state index in [-0.39, 0.29) is 10.6 Å². The number of benzene rings is 2. The van der Waals surface area contributed by atoms with Crippen LogP contribution >= 0.6 is 0 Å². The fraction of sp³-hybridized carbons (Fsp3) is 0.200. The van der Waals surface area contributed by atoms with Crippen LogP contribution in [0.1, 0.15) is 22.6 Å². The molecule has 0 aliphatic carbocycles. The summed E-state index contributed by atoms with van der Waals surface area (Å²) in [5.41, 5.74) is 3.78. The Morgan fingerprint density at radius 2 is 1.93 bits per heavy atom. The Kier molecular flexibility index (Phi) is 4.29. The molecule has 3 aromatic rings. The topological polar surface area (TPSA) is 76.6 Å². The standard InChI is InChI=1S/C20H19N5O2/c1-23(2)13-15-11-21-18-12-22-20(14-7-4-3-5-8-14)19-16(24(15)18)9-6-10-17(19)25(26)27/h3-11H,12-13H2,1-2H3. The Bertz CT molecular complexity index is 1040. The molecule has 0 bridgehead atoms. The average molecular weight is 361 g/mol. The van der Waals surface area contributed by atoms with Crippen molar-refractivity contribution in [3.63, 3.8) is 0 Å². The lowest BCUT2D eigenvalue weighted by Gasteiger charge is -2.16. The van der Waals surface area contributed by atoms with E-state index in [1.807, 2.05) is 66.2 Å². The van der Waals surface area contributed by atoms with Crippen LogP contribution in [0.15, 0.2) is 59.7 Å². The predicted molar refractivity (Wildman–Crippen MR) is 103 cm³/mol. The molecule has 1 aliphatic heterocycles. The zero-order chi connectivity index (χ0) is 19.0. The fourth-order valence-corrected chi connectivity index (χ4v) is 3.44. The molecule has 0 atom stereocenters. The van der Waals surface area contributed by atoms with Crippen molar-refractivity contribution in [2.75, 3.05) is 14.1 Å². The maximum Gasteiger partial charge on any atom is 0.280 e. The molecular formula is C20H19N5O2. The van der Waals surface area contributed by atoms with Crippen LogP contribution in [0.2, 0.25) is 0 Å². The minimum absolute atomic E-state index is 0.0486. The minimum atomic E-state index is -0.342. The molecular weight excluding hydrogens is 342 g/mol. The number of rotatable bonds is 4. The van der Waals surface area contributed by atoms with Gasteiger partial charge in [-0.2, -0.15) is 0 Å². The lowest BCUT2D eigenvalue weighted by Crippen LogP contribution is -2.16. The maximum atomic E-state index is 11.8. The Hall–Kier alpha value is -3.32. The first-order valence-corrected chi connectivity index (χ1v) is 8.64. The summed E-state index contributed by atoms with van der Waals surface area (Å²) in [6.45, 7) is 1.04. The highest BCUT2D eigenvalue weighted by molar-refractivity contribution is 6.17. The van der Waals surface area contributed by atoms with E-state index in [9.17, 15) is 10.1 Å². The summed E-state index contributed by atoms with van der Waals surface area (Å²) in [5.74, 6) is 0.777. The van der Waals surface area contributed by atoms with Crippen molar-refractivity contribution < 1.29 is 4.92 Å². The normalized spacial score (nSPS) is 12.9. The molecule has 27 heavy (non-hydrogen) atoms. The first kappa shape index (κ1) is 17.1. The zero-order valence-electron chi connectivity index (χ0n) is 15.2. The second kappa shape index (κ2) is 6.77. The molecule has 4 rings (SSSR count). The van der Waals surface area contributed by atoms with Gasteiger partial charge in [0.25, 0.3) is 5.69 Å². The molecule has 0 amide bonds. The largest absolute Gasteiger partial charge is 0.304 e. The van der Waals surface area contributed by atoms with Gasteiger partial charge in [-0.3, -0.25) is 19.7 Å². The zero-order valence-corrected chi connectivity index (χ0v) is 15.2. The second-order valence-electron chi connectivity index (χ2n) is 6.70. The Balaban J connectivity index is 2.01. The Labute approximate surface area is 156 Å². The molecule has 0 spiro atoms. The number of hydrogen-bond acceptors (Lipinski definition) is 5. The van der Waals surface area contributed by atoms with Gasteiger partial charge in [-0.25, -0.2) is 4.98 Å². The van der Waals surface area contributed by atoms with Gasteiger partial charge in [0.15, 0.2) is 0 Å². The molecule has 1 aromatic heterocycles. The maximum absolute atomic E-state index is 11.8. The molecule has 1 aliphatic rings. The highest BCUT2D eigenvalue weighted by Gasteiger charge is 2.28. The molecule has 0 saturated carbocycles. The molecule has 7 heteroatoms. The summed E-state index contributed by atoms with van der Waals surface area (Å²) in [7, 11) is 3.97. The summed E-state index contributed by atoms with van der Waals surface area (Å²) in [6.07, 6.45) is 1.82. The van der Waals surface area contributed by atoms with Crippen LogP contribution < -0.4 is 0 Å². The molecule has 2 heterocycles. The van der Waals surface area contributed by atoms with Gasteiger partial charge in [-0.05, 0) is 20.2 Å². The fourth-order valence-electron chi connectivity index (χ4n) is 3.44. The third kappa shape index (κ3) is 3.02. The summed E-state index contributed by atoms with van der Waals surface area (Å²) in [5, 5.41) is 11.8. The molecule has 0 fully saturated rings. The van der Waals surface area contributed by atoms with Crippen LogP contribution in [0.25, 0.3) is 5.69 Å². The van der Waals surface area contributed by atoms with Crippen molar-refractivity contribution >= 4 is 11.4 Å². The van der Waals surface area contributed by atoms with Gasteiger partial charge < -0.3 is 4.90 Å². The first-order valence-electron chi connectivity index (χ1n) is 8.64. The second-order valence-corrected chi connectivity index (χ2v) is 6.70. The summed E-state index contributed by atoms with van der Waals surface area (Å²) >= 11 is 0. The van der Waals surface area contributed by atoms with E-state index in [2.05, 4.69) is 4.98 Å². The highest BCUT2D eigenvalue weighted by atomic mass is 16.6. The SMILES string of the molecule is CN(C)Cc1cnc2n1-c1cccc([N+](=O)[O-])c1C(c1ccccc1)=NC2. The number of aliphatic imine (C=N–C) groups is 1. The molecule has 0 unspecified atom stereocenters. The molecule has 2 aromatic carbocycles. The third-order valence-electron chi connectivity index (χ3n) is 4.51. The van der Waals surface area contributed by atoms with Crippen molar-refractivity contribution in [3.8, 4) is 5.69 Å². The van der Waals surface area contributed by atoms with Gasteiger partial charge in [-0.1, -0.05) is 36.4 Å². The van der Waals surface area contributed by atoms with Gasteiger partial charge in [0.2, 0.25) is 0 Å². The number of nitro groups is 1. The van der Waals surface area contributed by atoms with Gasteiger partial charge in [-0.15, -0.1) is 0 Å². The van der Waals surface area contributed by atoms with Gasteiger partial charge in [0.1, 0.15) is 11.4 Å². The average Bonchev–Trinajstić information content (AvgIpc) is 2.95. The smallest absolute Gasteiger partial charge is 0.280 e. The number of hydrogen-bond donors (Lipinski definition) is 0. The number of nitro benzene ring substituents is 1. The van der Waals surface area contributed by atoms with Crippen LogP contribution in [0.5, 0.6) is 0 Å². The van der Waals surface area contributed by atoms with Crippen LogP contribution in [0.3, 0.4) is 0 Å². The van der Waals surface area contributed by atoms with Crippen LogP contribution in [0.4, 0.5) is 5.69 Å². The van der Waals surface area contributed by atoms with E-state index in [0.29, 0.717) is 24.4 Å². The minimum Gasteiger partial charge on any atom is -0.304 e.